The zero-order chi connectivity index (χ0) is 24.5. The number of ether oxygens (including phenoxy) is 3. The van der Waals surface area contributed by atoms with Crippen molar-refractivity contribution in [3.05, 3.63) is 108 Å². The number of amidine groups is 1. The van der Waals surface area contributed by atoms with Crippen LogP contribution in [0.1, 0.15) is 24.5 Å². The maximum Gasteiger partial charge on any atom is 0.127 e. The zero-order valence-electron chi connectivity index (χ0n) is 19.9. The molecule has 0 spiro atoms. The number of nitrogen functional groups attached to an aromatic ring is 1. The maximum absolute atomic E-state index is 7.56. The molecule has 0 heterocycles. The first-order chi connectivity index (χ1) is 17.1. The Morgan fingerprint density at radius 3 is 2.03 bits per heavy atom. The first-order valence-electron chi connectivity index (χ1n) is 11.8. The first-order valence-corrected chi connectivity index (χ1v) is 11.8. The molecule has 0 aromatic heterocycles. The number of nitrogens with one attached hydrogen (secondary N) is 1. The van der Waals surface area contributed by atoms with Gasteiger partial charge in [0.1, 0.15) is 42.0 Å². The van der Waals surface area contributed by atoms with Crippen molar-refractivity contribution >= 4 is 5.84 Å². The molecule has 0 bridgehead atoms. The van der Waals surface area contributed by atoms with Crippen molar-refractivity contribution in [1.82, 2.24) is 0 Å². The van der Waals surface area contributed by atoms with Gasteiger partial charge < -0.3 is 19.9 Å². The van der Waals surface area contributed by atoms with Crippen LogP contribution >= 0.6 is 0 Å². The Bertz CT molecular complexity index is 1240. The lowest BCUT2D eigenvalue weighted by Crippen LogP contribution is -2.10. The Labute approximate surface area is 206 Å². The van der Waals surface area contributed by atoms with E-state index in [9.17, 15) is 0 Å². The second-order valence-corrected chi connectivity index (χ2v) is 8.15. The van der Waals surface area contributed by atoms with Crippen LogP contribution in [-0.4, -0.2) is 19.0 Å². The SMILES string of the molecule is CCCc1cc(-c2ccc(C(=N)N)cc2)ccc1OCCOc1ccc(Oc2ccccc2)cc1. The number of hydrogen-bond donors (Lipinski definition) is 2. The van der Waals surface area contributed by atoms with Crippen LogP contribution in [0.25, 0.3) is 11.1 Å². The minimum absolute atomic E-state index is 0.0747. The smallest absolute Gasteiger partial charge is 0.127 e. The van der Waals surface area contributed by atoms with Gasteiger partial charge in [-0.15, -0.1) is 0 Å². The standard InChI is InChI=1S/C30H30N2O3/c1-2-6-25-21-24(22-9-11-23(12-10-22)30(31)32)13-18-29(25)34-20-19-33-26-14-16-28(17-15-26)35-27-7-4-3-5-8-27/h3-5,7-18,21H,2,6,19-20H2,1H3,(H3,31,32). The topological polar surface area (TPSA) is 77.6 Å². The van der Waals surface area contributed by atoms with Crippen molar-refractivity contribution in [2.45, 2.75) is 19.8 Å². The van der Waals surface area contributed by atoms with Crippen molar-refractivity contribution in [2.75, 3.05) is 13.2 Å². The molecule has 0 unspecified atom stereocenters. The Kier molecular flexibility index (Phi) is 8.02. The van der Waals surface area contributed by atoms with E-state index in [2.05, 4.69) is 19.1 Å². The van der Waals surface area contributed by atoms with Gasteiger partial charge >= 0.3 is 0 Å². The number of aryl methyl sites for hydroxylation is 1. The van der Waals surface area contributed by atoms with Crippen molar-refractivity contribution in [1.29, 1.82) is 5.41 Å². The molecule has 178 valence electrons. The van der Waals surface area contributed by atoms with Gasteiger partial charge in [0.15, 0.2) is 0 Å². The number of benzene rings is 4. The fourth-order valence-electron chi connectivity index (χ4n) is 3.75. The van der Waals surface area contributed by atoms with Crippen LogP contribution in [0.2, 0.25) is 0 Å². The van der Waals surface area contributed by atoms with Crippen LogP contribution in [0, 0.1) is 5.41 Å². The summed E-state index contributed by atoms with van der Waals surface area (Å²) in [6.45, 7) is 3.05. The molecule has 0 saturated heterocycles. The minimum Gasteiger partial charge on any atom is -0.490 e. The maximum atomic E-state index is 7.56. The summed E-state index contributed by atoms with van der Waals surface area (Å²) in [7, 11) is 0. The molecule has 4 aromatic rings. The summed E-state index contributed by atoms with van der Waals surface area (Å²) >= 11 is 0. The van der Waals surface area contributed by atoms with E-state index in [0.29, 0.717) is 13.2 Å². The summed E-state index contributed by atoms with van der Waals surface area (Å²) < 4.78 is 17.7. The molecule has 0 saturated carbocycles. The van der Waals surface area contributed by atoms with Gasteiger partial charge in [0.05, 0.1) is 0 Å². The largest absolute Gasteiger partial charge is 0.490 e. The molecule has 35 heavy (non-hydrogen) atoms. The van der Waals surface area contributed by atoms with E-state index in [4.69, 9.17) is 25.4 Å². The van der Waals surface area contributed by atoms with Crippen LogP contribution in [0.4, 0.5) is 0 Å². The highest BCUT2D eigenvalue weighted by Gasteiger charge is 2.08. The van der Waals surface area contributed by atoms with Gasteiger partial charge in [0.2, 0.25) is 0 Å². The molecule has 5 nitrogen and oxygen atoms in total. The van der Waals surface area contributed by atoms with Gasteiger partial charge in [-0.2, -0.15) is 0 Å². The normalized spacial score (nSPS) is 10.5. The Morgan fingerprint density at radius 2 is 1.34 bits per heavy atom. The average Bonchev–Trinajstić information content (AvgIpc) is 2.89. The molecule has 0 fully saturated rings. The van der Waals surface area contributed by atoms with E-state index < -0.39 is 0 Å². The van der Waals surface area contributed by atoms with Crippen molar-refractivity contribution in [2.24, 2.45) is 5.73 Å². The molecule has 0 amide bonds. The molecule has 4 rings (SSSR count). The molecular formula is C30H30N2O3. The van der Waals surface area contributed by atoms with E-state index in [1.807, 2.05) is 84.9 Å². The summed E-state index contributed by atoms with van der Waals surface area (Å²) in [5, 5.41) is 7.56. The minimum atomic E-state index is 0.0747. The number of para-hydroxylation sites is 1. The molecule has 0 radical (unpaired) electrons. The third kappa shape index (κ3) is 6.64. The molecule has 4 aromatic carbocycles. The second-order valence-electron chi connectivity index (χ2n) is 8.15. The third-order valence-corrected chi connectivity index (χ3v) is 5.52. The molecule has 0 aliphatic rings. The van der Waals surface area contributed by atoms with Crippen molar-refractivity contribution in [3.63, 3.8) is 0 Å². The van der Waals surface area contributed by atoms with Crippen LogP contribution in [-0.2, 0) is 6.42 Å². The van der Waals surface area contributed by atoms with E-state index in [1.165, 1.54) is 5.56 Å². The van der Waals surface area contributed by atoms with Gasteiger partial charge in [-0.05, 0) is 71.6 Å². The quantitative estimate of drug-likeness (QED) is 0.144. The Balaban J connectivity index is 1.32. The molecular weight excluding hydrogens is 436 g/mol. The highest BCUT2D eigenvalue weighted by Crippen LogP contribution is 2.28. The van der Waals surface area contributed by atoms with Gasteiger partial charge in [-0.1, -0.05) is 61.9 Å². The van der Waals surface area contributed by atoms with Gasteiger partial charge in [0.25, 0.3) is 0 Å². The lowest BCUT2D eigenvalue weighted by molar-refractivity contribution is 0.216. The lowest BCUT2D eigenvalue weighted by atomic mass is 9.99. The van der Waals surface area contributed by atoms with E-state index in [0.717, 1.165) is 52.5 Å². The highest BCUT2D eigenvalue weighted by atomic mass is 16.5. The van der Waals surface area contributed by atoms with Gasteiger partial charge in [0, 0.05) is 5.56 Å². The predicted molar refractivity (Wildman–Crippen MR) is 141 cm³/mol. The summed E-state index contributed by atoms with van der Waals surface area (Å²) in [4.78, 5) is 0. The van der Waals surface area contributed by atoms with E-state index in [1.54, 1.807) is 0 Å². The van der Waals surface area contributed by atoms with Gasteiger partial charge in [-0.25, -0.2) is 0 Å². The summed E-state index contributed by atoms with van der Waals surface area (Å²) in [5.74, 6) is 3.29. The fraction of sp³-hybridized carbons (Fsp3) is 0.167. The first kappa shape index (κ1) is 23.9. The molecule has 0 aliphatic carbocycles. The summed E-state index contributed by atoms with van der Waals surface area (Å²) in [6, 6.07) is 31.3. The molecule has 3 N–H and O–H groups in total. The molecule has 0 atom stereocenters. The number of hydrogen-bond acceptors (Lipinski definition) is 4. The zero-order valence-corrected chi connectivity index (χ0v) is 19.9. The lowest BCUT2D eigenvalue weighted by Gasteiger charge is -2.14. The Hall–Kier alpha value is -4.25. The van der Waals surface area contributed by atoms with Crippen LogP contribution in [0.3, 0.4) is 0 Å². The van der Waals surface area contributed by atoms with Crippen molar-refractivity contribution in [3.8, 4) is 34.1 Å². The second kappa shape index (κ2) is 11.7. The van der Waals surface area contributed by atoms with E-state index >= 15 is 0 Å². The number of nitrogens with two attached hydrogens (primary N) is 1. The molecule has 5 heteroatoms. The van der Waals surface area contributed by atoms with Crippen LogP contribution in [0.5, 0.6) is 23.0 Å². The molecule has 0 aliphatic heterocycles. The monoisotopic (exact) mass is 466 g/mol. The van der Waals surface area contributed by atoms with Crippen molar-refractivity contribution < 1.29 is 14.2 Å². The van der Waals surface area contributed by atoms with Crippen LogP contribution < -0.4 is 19.9 Å². The number of rotatable bonds is 11. The Morgan fingerprint density at radius 1 is 0.714 bits per heavy atom. The van der Waals surface area contributed by atoms with E-state index in [-0.39, 0.29) is 5.84 Å². The predicted octanol–water partition coefficient (Wildman–Crippen LogP) is 6.84. The third-order valence-electron chi connectivity index (χ3n) is 5.52. The summed E-state index contributed by atoms with van der Waals surface area (Å²) in [6.07, 6.45) is 1.95. The highest BCUT2D eigenvalue weighted by molar-refractivity contribution is 5.95. The van der Waals surface area contributed by atoms with Gasteiger partial charge in [-0.3, -0.25) is 5.41 Å². The fourth-order valence-corrected chi connectivity index (χ4v) is 3.75. The summed E-state index contributed by atoms with van der Waals surface area (Å²) in [5.41, 5.74) is 9.66. The average molecular weight is 467 g/mol. The van der Waals surface area contributed by atoms with Crippen LogP contribution in [0.15, 0.2) is 97.1 Å².